The molecular weight excluding hydrogens is 204 g/mol. The molecule has 0 fully saturated rings. The Balaban J connectivity index is 2.12. The zero-order valence-corrected chi connectivity index (χ0v) is 8.72. The highest BCUT2D eigenvalue weighted by atomic mass is 16.5. The molecule has 0 spiro atoms. The van der Waals surface area contributed by atoms with Gasteiger partial charge in [0.1, 0.15) is 6.26 Å². The minimum absolute atomic E-state index is 0.0230. The fraction of sp³-hybridized carbons (Fsp3) is 0.250. The Morgan fingerprint density at radius 1 is 1.44 bits per heavy atom. The first kappa shape index (κ1) is 9.57. The molecule has 0 bridgehead atoms. The van der Waals surface area contributed by atoms with Gasteiger partial charge in [0.2, 0.25) is 0 Å². The largest absolute Gasteiger partial charge is 0.367 e. The van der Waals surface area contributed by atoms with E-state index in [4.69, 9.17) is 15.0 Å². The summed E-state index contributed by atoms with van der Waals surface area (Å²) in [5.41, 5.74) is 10.1. The normalized spacial score (nSPS) is 18.7. The Morgan fingerprint density at radius 3 is 3.12 bits per heavy atom. The zero-order chi connectivity index (χ0) is 11.0. The third-order valence-corrected chi connectivity index (χ3v) is 2.95. The van der Waals surface area contributed by atoms with Crippen molar-refractivity contribution in [2.24, 2.45) is 5.73 Å². The summed E-state index contributed by atoms with van der Waals surface area (Å²) < 4.78 is 10.5. The van der Waals surface area contributed by atoms with Crippen LogP contribution >= 0.6 is 0 Å². The Kier molecular flexibility index (Phi) is 2.23. The molecule has 2 heterocycles. The fourth-order valence-electron chi connectivity index (χ4n) is 2.14. The number of nitrogens with zero attached hydrogens (tertiary/aromatic N) is 1. The van der Waals surface area contributed by atoms with Gasteiger partial charge < -0.3 is 15.0 Å². The van der Waals surface area contributed by atoms with E-state index in [0.717, 1.165) is 11.1 Å². The number of hydrogen-bond acceptors (Lipinski definition) is 4. The van der Waals surface area contributed by atoms with Gasteiger partial charge in [-0.3, -0.25) is 0 Å². The molecule has 0 aliphatic carbocycles. The summed E-state index contributed by atoms with van der Waals surface area (Å²) in [5.74, 6) is 0. The van der Waals surface area contributed by atoms with Crippen LogP contribution in [0.5, 0.6) is 0 Å². The lowest BCUT2D eigenvalue weighted by Gasteiger charge is -2.07. The van der Waals surface area contributed by atoms with Crippen LogP contribution < -0.4 is 5.73 Å². The number of rotatable bonds is 2. The van der Waals surface area contributed by atoms with E-state index in [2.05, 4.69) is 11.2 Å². The van der Waals surface area contributed by atoms with Crippen LogP contribution in [-0.2, 0) is 11.3 Å². The van der Waals surface area contributed by atoms with Gasteiger partial charge in [0.05, 0.1) is 18.9 Å². The van der Waals surface area contributed by atoms with E-state index in [-0.39, 0.29) is 6.10 Å². The summed E-state index contributed by atoms with van der Waals surface area (Å²) >= 11 is 0. The van der Waals surface area contributed by atoms with Crippen LogP contribution in [0, 0.1) is 0 Å². The highest BCUT2D eigenvalue weighted by Gasteiger charge is 2.24. The number of aromatic nitrogens is 1. The summed E-state index contributed by atoms with van der Waals surface area (Å²) in [6.07, 6.45) is 3.38. The van der Waals surface area contributed by atoms with Crippen molar-refractivity contribution in [1.29, 1.82) is 0 Å². The Bertz CT molecular complexity index is 494. The minimum atomic E-state index is 0.0230. The molecule has 82 valence electrons. The van der Waals surface area contributed by atoms with Gasteiger partial charge in [-0.05, 0) is 16.7 Å². The molecule has 3 rings (SSSR count). The van der Waals surface area contributed by atoms with Crippen molar-refractivity contribution in [2.45, 2.75) is 12.7 Å². The SMILES string of the molecule is NC[C@H]1OCc2c(-c3cnoc3)cccc21. The number of hydrogen-bond donors (Lipinski definition) is 1. The highest BCUT2D eigenvalue weighted by Crippen LogP contribution is 2.36. The molecule has 4 nitrogen and oxygen atoms in total. The number of benzene rings is 1. The summed E-state index contributed by atoms with van der Waals surface area (Å²) in [4.78, 5) is 0. The Morgan fingerprint density at radius 2 is 2.38 bits per heavy atom. The molecular formula is C12H12N2O2. The van der Waals surface area contributed by atoms with Crippen molar-refractivity contribution in [3.8, 4) is 11.1 Å². The van der Waals surface area contributed by atoms with Crippen molar-refractivity contribution in [2.75, 3.05) is 6.54 Å². The second-order valence-electron chi connectivity index (χ2n) is 3.82. The lowest BCUT2D eigenvalue weighted by atomic mass is 9.97. The summed E-state index contributed by atoms with van der Waals surface area (Å²) in [5, 5.41) is 3.72. The molecule has 16 heavy (non-hydrogen) atoms. The topological polar surface area (TPSA) is 61.3 Å². The van der Waals surface area contributed by atoms with E-state index in [0.29, 0.717) is 13.2 Å². The summed E-state index contributed by atoms with van der Waals surface area (Å²) in [6.45, 7) is 1.12. The molecule has 0 radical (unpaired) electrons. The smallest absolute Gasteiger partial charge is 0.131 e. The van der Waals surface area contributed by atoms with Crippen LogP contribution in [-0.4, -0.2) is 11.7 Å². The lowest BCUT2D eigenvalue weighted by Crippen LogP contribution is -2.10. The van der Waals surface area contributed by atoms with E-state index in [1.165, 1.54) is 11.1 Å². The van der Waals surface area contributed by atoms with Crippen molar-refractivity contribution in [3.63, 3.8) is 0 Å². The predicted molar refractivity (Wildman–Crippen MR) is 58.5 cm³/mol. The van der Waals surface area contributed by atoms with E-state index < -0.39 is 0 Å². The molecule has 0 saturated carbocycles. The third kappa shape index (κ3) is 1.35. The average Bonchev–Trinajstić information content (AvgIpc) is 2.97. The van der Waals surface area contributed by atoms with Crippen molar-refractivity contribution in [1.82, 2.24) is 5.16 Å². The second kappa shape index (κ2) is 3.73. The number of fused-ring (bicyclic) bond motifs is 1. The van der Waals surface area contributed by atoms with Crippen LogP contribution in [0.1, 0.15) is 17.2 Å². The zero-order valence-electron chi connectivity index (χ0n) is 8.72. The second-order valence-corrected chi connectivity index (χ2v) is 3.82. The van der Waals surface area contributed by atoms with Crippen molar-refractivity contribution < 1.29 is 9.26 Å². The van der Waals surface area contributed by atoms with Crippen LogP contribution in [0.4, 0.5) is 0 Å². The van der Waals surface area contributed by atoms with Crippen LogP contribution in [0.2, 0.25) is 0 Å². The van der Waals surface area contributed by atoms with Gasteiger partial charge in [0.15, 0.2) is 0 Å². The predicted octanol–water partition coefficient (Wildman–Crippen LogP) is 1.87. The molecule has 1 aliphatic heterocycles. The Hall–Kier alpha value is -1.65. The van der Waals surface area contributed by atoms with Gasteiger partial charge in [-0.2, -0.15) is 0 Å². The fourth-order valence-corrected chi connectivity index (χ4v) is 2.14. The first-order valence-electron chi connectivity index (χ1n) is 5.23. The Labute approximate surface area is 93.0 Å². The highest BCUT2D eigenvalue weighted by molar-refractivity contribution is 5.67. The molecule has 0 amide bonds. The van der Waals surface area contributed by atoms with Gasteiger partial charge in [0.25, 0.3) is 0 Å². The van der Waals surface area contributed by atoms with Crippen molar-refractivity contribution >= 4 is 0 Å². The molecule has 4 heteroatoms. The summed E-state index contributed by atoms with van der Waals surface area (Å²) in [7, 11) is 0. The molecule has 1 atom stereocenters. The van der Waals surface area contributed by atoms with Gasteiger partial charge in [-0.15, -0.1) is 0 Å². The average molecular weight is 216 g/mol. The number of nitrogens with two attached hydrogens (primary N) is 1. The molecule has 0 unspecified atom stereocenters. The maximum absolute atomic E-state index is 5.66. The summed E-state index contributed by atoms with van der Waals surface area (Å²) in [6, 6.07) is 6.13. The van der Waals surface area contributed by atoms with E-state index in [1.54, 1.807) is 12.5 Å². The molecule has 1 aliphatic rings. The lowest BCUT2D eigenvalue weighted by molar-refractivity contribution is 0.0725. The van der Waals surface area contributed by atoms with Gasteiger partial charge in [-0.25, -0.2) is 0 Å². The third-order valence-electron chi connectivity index (χ3n) is 2.95. The van der Waals surface area contributed by atoms with E-state index >= 15 is 0 Å². The first-order chi connectivity index (χ1) is 7.90. The molecule has 2 N–H and O–H groups in total. The van der Waals surface area contributed by atoms with Crippen LogP contribution in [0.15, 0.2) is 35.2 Å². The van der Waals surface area contributed by atoms with Gasteiger partial charge in [-0.1, -0.05) is 23.4 Å². The maximum Gasteiger partial charge on any atom is 0.131 e. The van der Waals surface area contributed by atoms with Crippen LogP contribution in [0.25, 0.3) is 11.1 Å². The standard InChI is InChI=1S/C12H12N2O2/c13-4-12-10-3-1-2-9(11(10)7-15-12)8-5-14-16-6-8/h1-3,5-6,12H,4,7,13H2/t12-/m1/s1. The first-order valence-corrected chi connectivity index (χ1v) is 5.23. The van der Waals surface area contributed by atoms with Crippen molar-refractivity contribution in [3.05, 3.63) is 41.8 Å². The quantitative estimate of drug-likeness (QED) is 0.832. The molecule has 2 aromatic rings. The molecule has 1 aromatic carbocycles. The van der Waals surface area contributed by atoms with E-state index in [1.807, 2.05) is 12.1 Å². The molecule has 1 aromatic heterocycles. The van der Waals surface area contributed by atoms with Gasteiger partial charge in [0, 0.05) is 12.1 Å². The minimum Gasteiger partial charge on any atom is -0.367 e. The monoisotopic (exact) mass is 216 g/mol. The molecule has 0 saturated heterocycles. The van der Waals surface area contributed by atoms with Gasteiger partial charge >= 0.3 is 0 Å². The number of ether oxygens (including phenoxy) is 1. The van der Waals surface area contributed by atoms with Crippen LogP contribution in [0.3, 0.4) is 0 Å². The maximum atomic E-state index is 5.66. The van der Waals surface area contributed by atoms with E-state index in [9.17, 15) is 0 Å².